The number of hydrogen-bond donors (Lipinski definition) is 4. The van der Waals surface area contributed by atoms with Crippen LogP contribution < -0.4 is 21.7 Å². The van der Waals surface area contributed by atoms with E-state index >= 15 is 0 Å². The fraction of sp³-hybridized carbons (Fsp3) is 0.179. The lowest BCUT2D eigenvalue weighted by Gasteiger charge is -2.14. The number of pyridine rings is 1. The van der Waals surface area contributed by atoms with Crippen molar-refractivity contribution in [3.05, 3.63) is 101 Å². The number of nitrogens with zero attached hydrogens (tertiary/aromatic N) is 2. The number of carbonyl (C=O) groups excluding carboxylic acids is 2. The average Bonchev–Trinajstić information content (AvgIpc) is 3.21. The molecule has 0 aliphatic rings. The van der Waals surface area contributed by atoms with Gasteiger partial charge in [0.15, 0.2) is 0 Å². The predicted octanol–water partition coefficient (Wildman–Crippen LogP) is 4.68. The van der Waals surface area contributed by atoms with Gasteiger partial charge in [0.2, 0.25) is 6.41 Å². The normalized spacial score (nSPS) is 10.6. The Morgan fingerprint density at radius 1 is 1.03 bits per heavy atom. The molecule has 8 nitrogen and oxygen atoms in total. The molecule has 2 amide bonds. The quantitative estimate of drug-likeness (QED) is 0.259. The molecule has 2 heterocycles. The van der Waals surface area contributed by atoms with Crippen LogP contribution in [-0.2, 0) is 17.9 Å². The van der Waals surface area contributed by atoms with Crippen LogP contribution in [0.2, 0.25) is 0 Å². The molecule has 0 fully saturated rings. The van der Waals surface area contributed by atoms with Crippen molar-refractivity contribution in [3.63, 3.8) is 0 Å². The SMILES string of the molecule is Cc1cc(N)nc(C)c1CNC(=O)c1cc(C)n(Cc2ccc(Nc3ccccc3)cc2NC=O)c1. The Morgan fingerprint density at radius 2 is 1.81 bits per heavy atom. The molecule has 0 aliphatic heterocycles. The van der Waals surface area contributed by atoms with E-state index in [1.54, 1.807) is 6.07 Å². The maximum absolute atomic E-state index is 12.9. The number of para-hydroxylation sites is 1. The van der Waals surface area contributed by atoms with E-state index in [1.807, 2.05) is 86.1 Å². The Kier molecular flexibility index (Phi) is 7.34. The predicted molar refractivity (Wildman–Crippen MR) is 143 cm³/mol. The third kappa shape index (κ3) is 5.72. The smallest absolute Gasteiger partial charge is 0.253 e. The number of amides is 2. The molecule has 36 heavy (non-hydrogen) atoms. The standard InChI is InChI=1S/C28H30N6O2/c1-18-11-27(29)32-20(3)25(18)14-30-28(36)22-12-19(2)34(16-22)15-21-9-10-24(13-26(21)31-17-35)33-23-7-5-4-6-8-23/h4-13,16-17,33H,14-15H2,1-3H3,(H2,29,32)(H,30,36)(H,31,35). The second-order valence-corrected chi connectivity index (χ2v) is 8.73. The minimum Gasteiger partial charge on any atom is -0.384 e. The Bertz CT molecular complexity index is 1370. The summed E-state index contributed by atoms with van der Waals surface area (Å²) in [4.78, 5) is 28.4. The lowest BCUT2D eigenvalue weighted by molar-refractivity contribution is -0.105. The Labute approximate surface area is 210 Å². The second-order valence-electron chi connectivity index (χ2n) is 8.73. The highest BCUT2D eigenvalue weighted by Crippen LogP contribution is 2.25. The molecule has 2 aromatic carbocycles. The molecule has 2 aromatic heterocycles. The van der Waals surface area contributed by atoms with Crippen LogP contribution in [0.15, 0.2) is 66.9 Å². The molecule has 4 aromatic rings. The minimum absolute atomic E-state index is 0.166. The van der Waals surface area contributed by atoms with Crippen molar-refractivity contribution in [2.24, 2.45) is 0 Å². The van der Waals surface area contributed by atoms with Crippen LogP contribution >= 0.6 is 0 Å². The number of carbonyl (C=O) groups is 2. The molecule has 5 N–H and O–H groups in total. The van der Waals surface area contributed by atoms with Crippen LogP contribution in [0.3, 0.4) is 0 Å². The fourth-order valence-electron chi connectivity index (χ4n) is 4.20. The van der Waals surface area contributed by atoms with Gasteiger partial charge in [-0.15, -0.1) is 0 Å². The molecule has 0 radical (unpaired) electrons. The van der Waals surface area contributed by atoms with E-state index < -0.39 is 0 Å². The molecular formula is C28H30N6O2. The highest BCUT2D eigenvalue weighted by molar-refractivity contribution is 5.94. The van der Waals surface area contributed by atoms with E-state index in [0.29, 0.717) is 36.6 Å². The summed E-state index contributed by atoms with van der Waals surface area (Å²) in [5, 5.41) is 9.12. The lowest BCUT2D eigenvalue weighted by atomic mass is 10.1. The molecular weight excluding hydrogens is 452 g/mol. The number of hydrogen-bond acceptors (Lipinski definition) is 5. The van der Waals surface area contributed by atoms with Gasteiger partial charge in [-0.3, -0.25) is 9.59 Å². The molecule has 0 bridgehead atoms. The van der Waals surface area contributed by atoms with E-state index in [9.17, 15) is 9.59 Å². The van der Waals surface area contributed by atoms with Crippen LogP contribution in [0.5, 0.6) is 0 Å². The largest absolute Gasteiger partial charge is 0.384 e. The summed E-state index contributed by atoms with van der Waals surface area (Å²) in [7, 11) is 0. The molecule has 0 saturated carbocycles. The summed E-state index contributed by atoms with van der Waals surface area (Å²) in [5.74, 6) is 0.307. The Morgan fingerprint density at radius 3 is 2.53 bits per heavy atom. The van der Waals surface area contributed by atoms with Crippen molar-refractivity contribution in [2.75, 3.05) is 16.4 Å². The number of nitrogens with one attached hydrogen (secondary N) is 3. The minimum atomic E-state index is -0.166. The van der Waals surface area contributed by atoms with Crippen molar-refractivity contribution >= 4 is 35.2 Å². The Balaban J connectivity index is 1.48. The number of anilines is 4. The zero-order chi connectivity index (χ0) is 25.7. The first-order valence-corrected chi connectivity index (χ1v) is 11.7. The first kappa shape index (κ1) is 24.5. The monoisotopic (exact) mass is 482 g/mol. The molecule has 184 valence electrons. The molecule has 0 aliphatic carbocycles. The second kappa shape index (κ2) is 10.8. The van der Waals surface area contributed by atoms with Gasteiger partial charge in [0.25, 0.3) is 5.91 Å². The van der Waals surface area contributed by atoms with Gasteiger partial charge in [-0.05, 0) is 73.9 Å². The third-order valence-electron chi connectivity index (χ3n) is 6.10. The average molecular weight is 483 g/mol. The van der Waals surface area contributed by atoms with Crippen molar-refractivity contribution in [1.82, 2.24) is 14.9 Å². The van der Waals surface area contributed by atoms with Crippen LogP contribution in [0.1, 0.15) is 38.4 Å². The molecule has 0 saturated heterocycles. The number of nitrogens with two attached hydrogens (primary N) is 1. The van der Waals surface area contributed by atoms with E-state index in [0.717, 1.165) is 39.5 Å². The van der Waals surface area contributed by atoms with Gasteiger partial charge >= 0.3 is 0 Å². The first-order chi connectivity index (χ1) is 17.3. The molecule has 4 rings (SSSR count). The summed E-state index contributed by atoms with van der Waals surface area (Å²) in [5.41, 5.74) is 13.5. The van der Waals surface area contributed by atoms with Crippen LogP contribution in [0.25, 0.3) is 0 Å². The van der Waals surface area contributed by atoms with Crippen molar-refractivity contribution in [3.8, 4) is 0 Å². The van der Waals surface area contributed by atoms with E-state index in [1.165, 1.54) is 0 Å². The zero-order valence-electron chi connectivity index (χ0n) is 20.6. The van der Waals surface area contributed by atoms with E-state index in [-0.39, 0.29) is 5.91 Å². The van der Waals surface area contributed by atoms with Crippen molar-refractivity contribution in [1.29, 1.82) is 0 Å². The van der Waals surface area contributed by atoms with Crippen molar-refractivity contribution < 1.29 is 9.59 Å². The van der Waals surface area contributed by atoms with Crippen molar-refractivity contribution in [2.45, 2.75) is 33.9 Å². The highest BCUT2D eigenvalue weighted by atomic mass is 16.1. The summed E-state index contributed by atoms with van der Waals surface area (Å²) < 4.78 is 1.99. The van der Waals surface area contributed by atoms with Gasteiger partial charge in [0.05, 0.1) is 5.56 Å². The summed E-state index contributed by atoms with van der Waals surface area (Å²) in [6.07, 6.45) is 2.50. The van der Waals surface area contributed by atoms with E-state index in [4.69, 9.17) is 5.73 Å². The third-order valence-corrected chi connectivity index (χ3v) is 6.10. The summed E-state index contributed by atoms with van der Waals surface area (Å²) in [6.45, 7) is 6.67. The van der Waals surface area contributed by atoms with E-state index in [2.05, 4.69) is 20.9 Å². The number of aromatic nitrogens is 2. The number of rotatable bonds is 9. The molecule has 0 atom stereocenters. The summed E-state index contributed by atoms with van der Waals surface area (Å²) in [6, 6.07) is 19.3. The Hall–Kier alpha value is -4.59. The highest BCUT2D eigenvalue weighted by Gasteiger charge is 2.14. The van der Waals surface area contributed by atoms with Crippen LogP contribution in [0.4, 0.5) is 22.9 Å². The molecule has 0 unspecified atom stereocenters. The number of nitrogen functional groups attached to an aromatic ring is 1. The van der Waals surface area contributed by atoms with Gasteiger partial charge in [-0.25, -0.2) is 4.98 Å². The molecule has 0 spiro atoms. The molecule has 8 heteroatoms. The van der Waals surface area contributed by atoms with Gasteiger partial charge < -0.3 is 26.3 Å². The number of benzene rings is 2. The summed E-state index contributed by atoms with van der Waals surface area (Å²) >= 11 is 0. The van der Waals surface area contributed by atoms with Gasteiger partial charge in [0.1, 0.15) is 5.82 Å². The maximum atomic E-state index is 12.9. The lowest BCUT2D eigenvalue weighted by Crippen LogP contribution is -2.23. The zero-order valence-corrected chi connectivity index (χ0v) is 20.6. The van der Waals surface area contributed by atoms with Gasteiger partial charge in [-0.2, -0.15) is 0 Å². The number of aryl methyl sites for hydroxylation is 3. The van der Waals surface area contributed by atoms with Crippen LogP contribution in [0, 0.1) is 20.8 Å². The first-order valence-electron chi connectivity index (χ1n) is 11.7. The maximum Gasteiger partial charge on any atom is 0.253 e. The topological polar surface area (TPSA) is 114 Å². The fourth-order valence-corrected chi connectivity index (χ4v) is 4.20. The van der Waals surface area contributed by atoms with Gasteiger partial charge in [0, 0.05) is 47.7 Å². The van der Waals surface area contributed by atoms with Gasteiger partial charge in [-0.1, -0.05) is 24.3 Å². The van der Waals surface area contributed by atoms with Crippen LogP contribution in [-0.4, -0.2) is 21.9 Å².